The monoisotopic (exact) mass is 151 g/mol. The van der Waals surface area contributed by atoms with E-state index in [0.717, 1.165) is 23.4 Å². The molecule has 11 heavy (non-hydrogen) atoms. The molecule has 0 unspecified atom stereocenters. The van der Waals surface area contributed by atoms with Crippen LogP contribution in [0.25, 0.3) is 0 Å². The summed E-state index contributed by atoms with van der Waals surface area (Å²) in [5.74, 6) is 0. The minimum Gasteiger partial charge on any atom is -0.263 e. The van der Waals surface area contributed by atoms with Crippen LogP contribution in [0.5, 0.6) is 0 Å². The average Bonchev–Trinajstić information content (AvgIpc) is 1.84. The third-order valence-electron chi connectivity index (χ3n) is 1.14. The van der Waals surface area contributed by atoms with Gasteiger partial charge in [0.1, 0.15) is 0 Å². The molecule has 1 heteroatoms. The van der Waals surface area contributed by atoms with Gasteiger partial charge in [0.2, 0.25) is 0 Å². The highest BCUT2D eigenvalue weighted by atomic mass is 14.7. The Bertz CT molecular complexity index is 193. The lowest BCUT2D eigenvalue weighted by atomic mass is 10.2. The van der Waals surface area contributed by atoms with Crippen molar-refractivity contribution in [3.63, 3.8) is 0 Å². The zero-order valence-electron chi connectivity index (χ0n) is 7.94. The Balaban J connectivity index is 4.41. The quantitative estimate of drug-likeness (QED) is 0.433. The Kier molecular flexibility index (Phi) is 4.51. The second-order valence-corrected chi connectivity index (χ2v) is 2.89. The van der Waals surface area contributed by atoms with Crippen LogP contribution in [0.1, 0.15) is 34.1 Å². The minimum atomic E-state index is 0.970. The fourth-order valence-electron chi connectivity index (χ4n) is 0.785. The van der Waals surface area contributed by atoms with E-state index in [-0.39, 0.29) is 0 Å². The van der Waals surface area contributed by atoms with Crippen molar-refractivity contribution in [3.8, 4) is 0 Å². The molecular formula is C10H17N. The number of hydrogen-bond donors (Lipinski definition) is 0. The fraction of sp³-hybridized carbons (Fsp3) is 0.500. The molecule has 0 bridgehead atoms. The molecule has 0 aromatic rings. The van der Waals surface area contributed by atoms with Gasteiger partial charge in [-0.15, -0.1) is 0 Å². The maximum Gasteiger partial charge on any atom is 0.0402 e. The van der Waals surface area contributed by atoms with Crippen molar-refractivity contribution in [2.75, 3.05) is 0 Å². The summed E-state index contributed by atoms with van der Waals surface area (Å²) in [6.45, 7) is 11.9. The van der Waals surface area contributed by atoms with Gasteiger partial charge in [0.05, 0.1) is 0 Å². The number of rotatable bonds is 3. The molecule has 1 nitrogen and oxygen atoms in total. The standard InChI is InChI=1S/C10H17N/c1-6-10(7-8(2)3)11-9(4)5/h7H,2,6H2,1,3-5H3/b10-7-. The smallest absolute Gasteiger partial charge is 0.0402 e. The Labute approximate surface area is 69.5 Å². The second-order valence-electron chi connectivity index (χ2n) is 2.89. The van der Waals surface area contributed by atoms with Gasteiger partial charge < -0.3 is 0 Å². The molecule has 62 valence electrons. The molecule has 0 aliphatic heterocycles. The lowest BCUT2D eigenvalue weighted by molar-refractivity contribution is 1.06. The normalized spacial score (nSPS) is 11.1. The summed E-state index contributed by atoms with van der Waals surface area (Å²) in [6.07, 6.45) is 2.99. The van der Waals surface area contributed by atoms with Gasteiger partial charge in [0.15, 0.2) is 0 Å². The van der Waals surface area contributed by atoms with E-state index in [1.54, 1.807) is 0 Å². The summed E-state index contributed by atoms with van der Waals surface area (Å²) in [4.78, 5) is 4.35. The number of nitrogens with zero attached hydrogens (tertiary/aromatic N) is 1. The Morgan fingerprint density at radius 3 is 2.18 bits per heavy atom. The van der Waals surface area contributed by atoms with Crippen LogP contribution in [0, 0.1) is 0 Å². The summed E-state index contributed by atoms with van der Waals surface area (Å²) in [7, 11) is 0. The van der Waals surface area contributed by atoms with Gasteiger partial charge in [-0.05, 0) is 33.3 Å². The van der Waals surface area contributed by atoms with E-state index in [9.17, 15) is 0 Å². The first-order chi connectivity index (χ1) is 5.06. The van der Waals surface area contributed by atoms with Crippen LogP contribution in [0.2, 0.25) is 0 Å². The van der Waals surface area contributed by atoms with Crippen LogP contribution in [0.3, 0.4) is 0 Å². The lowest BCUT2D eigenvalue weighted by Gasteiger charge is -1.97. The van der Waals surface area contributed by atoms with Gasteiger partial charge in [-0.25, -0.2) is 0 Å². The third kappa shape index (κ3) is 5.59. The molecule has 0 rings (SSSR count). The van der Waals surface area contributed by atoms with Gasteiger partial charge in [0.25, 0.3) is 0 Å². The maximum atomic E-state index is 4.35. The van der Waals surface area contributed by atoms with Crippen molar-refractivity contribution in [2.45, 2.75) is 34.1 Å². The van der Waals surface area contributed by atoms with Crippen molar-refractivity contribution in [2.24, 2.45) is 4.99 Å². The van der Waals surface area contributed by atoms with E-state index < -0.39 is 0 Å². The van der Waals surface area contributed by atoms with Crippen LogP contribution in [0.4, 0.5) is 0 Å². The highest BCUT2D eigenvalue weighted by Gasteiger charge is 1.89. The van der Waals surface area contributed by atoms with Crippen molar-refractivity contribution >= 4 is 5.71 Å². The number of aliphatic imine (C=N–C) groups is 1. The highest BCUT2D eigenvalue weighted by Crippen LogP contribution is 2.06. The van der Waals surface area contributed by atoms with Gasteiger partial charge >= 0.3 is 0 Å². The number of hydrogen-bond acceptors (Lipinski definition) is 1. The first kappa shape index (κ1) is 10.2. The van der Waals surface area contributed by atoms with E-state index in [1.807, 2.05) is 26.8 Å². The minimum absolute atomic E-state index is 0.970. The molecule has 0 aliphatic carbocycles. The van der Waals surface area contributed by atoms with E-state index in [0.29, 0.717) is 0 Å². The molecule has 0 spiro atoms. The van der Waals surface area contributed by atoms with Crippen molar-refractivity contribution in [1.29, 1.82) is 0 Å². The van der Waals surface area contributed by atoms with Gasteiger partial charge in [-0.2, -0.15) is 0 Å². The summed E-state index contributed by atoms with van der Waals surface area (Å²) in [6, 6.07) is 0. The van der Waals surface area contributed by atoms with Crippen LogP contribution in [-0.2, 0) is 0 Å². The van der Waals surface area contributed by atoms with Gasteiger partial charge in [-0.3, -0.25) is 4.99 Å². The molecule has 0 heterocycles. The van der Waals surface area contributed by atoms with Crippen LogP contribution in [0.15, 0.2) is 28.9 Å². The largest absolute Gasteiger partial charge is 0.263 e. The molecule has 0 saturated heterocycles. The van der Waals surface area contributed by atoms with Crippen molar-refractivity contribution in [1.82, 2.24) is 0 Å². The Morgan fingerprint density at radius 1 is 1.36 bits per heavy atom. The van der Waals surface area contributed by atoms with Gasteiger partial charge in [-0.1, -0.05) is 19.1 Å². The summed E-state index contributed by atoms with van der Waals surface area (Å²) in [5.41, 5.74) is 3.27. The maximum absolute atomic E-state index is 4.35. The fourth-order valence-corrected chi connectivity index (χ4v) is 0.785. The Morgan fingerprint density at radius 2 is 1.91 bits per heavy atom. The molecule has 0 aliphatic rings. The van der Waals surface area contributed by atoms with Crippen LogP contribution < -0.4 is 0 Å². The third-order valence-corrected chi connectivity index (χ3v) is 1.14. The van der Waals surface area contributed by atoms with E-state index in [1.165, 1.54) is 0 Å². The lowest BCUT2D eigenvalue weighted by Crippen LogP contribution is -1.84. The second kappa shape index (κ2) is 4.89. The van der Waals surface area contributed by atoms with Gasteiger partial charge in [0, 0.05) is 11.4 Å². The predicted octanol–water partition coefficient (Wildman–Crippen LogP) is 3.34. The Hall–Kier alpha value is -0.850. The first-order valence-electron chi connectivity index (χ1n) is 3.94. The van der Waals surface area contributed by atoms with E-state index in [2.05, 4.69) is 18.5 Å². The molecule has 0 amide bonds. The summed E-state index contributed by atoms with van der Waals surface area (Å²) >= 11 is 0. The molecule has 0 saturated carbocycles. The van der Waals surface area contributed by atoms with Crippen LogP contribution >= 0.6 is 0 Å². The molecule has 0 atom stereocenters. The molecule has 0 aromatic carbocycles. The zero-order chi connectivity index (χ0) is 8.85. The summed E-state index contributed by atoms with van der Waals surface area (Å²) in [5, 5.41) is 0. The van der Waals surface area contributed by atoms with Crippen molar-refractivity contribution < 1.29 is 0 Å². The molecule has 0 radical (unpaired) electrons. The van der Waals surface area contributed by atoms with Crippen LogP contribution in [-0.4, -0.2) is 5.71 Å². The predicted molar refractivity (Wildman–Crippen MR) is 52.0 cm³/mol. The SMILES string of the molecule is C=C(C)/C=C(/CC)N=C(C)C. The molecule has 0 aromatic heterocycles. The first-order valence-corrected chi connectivity index (χ1v) is 3.94. The van der Waals surface area contributed by atoms with E-state index >= 15 is 0 Å². The zero-order valence-corrected chi connectivity index (χ0v) is 7.94. The molecule has 0 fully saturated rings. The number of allylic oxidation sites excluding steroid dienone is 3. The topological polar surface area (TPSA) is 12.4 Å². The summed E-state index contributed by atoms with van der Waals surface area (Å²) < 4.78 is 0. The average molecular weight is 151 g/mol. The van der Waals surface area contributed by atoms with Crippen molar-refractivity contribution in [3.05, 3.63) is 23.9 Å². The highest BCUT2D eigenvalue weighted by molar-refractivity contribution is 5.80. The molecule has 0 N–H and O–H groups in total. The van der Waals surface area contributed by atoms with E-state index in [4.69, 9.17) is 0 Å². The molecular weight excluding hydrogens is 134 g/mol.